The van der Waals surface area contributed by atoms with E-state index in [0.717, 1.165) is 51.5 Å². The predicted octanol–water partition coefficient (Wildman–Crippen LogP) is 2.58. The molecule has 2 aliphatic rings. The van der Waals surface area contributed by atoms with Gasteiger partial charge in [-0.3, -0.25) is 9.58 Å². The summed E-state index contributed by atoms with van der Waals surface area (Å²) < 4.78 is 13.4. The lowest BCUT2D eigenvalue weighted by atomic mass is 9.92. The van der Waals surface area contributed by atoms with Gasteiger partial charge in [-0.2, -0.15) is 5.10 Å². The number of aryl methyl sites for hydroxylation is 1. The molecular formula is C19H25N3O2. The monoisotopic (exact) mass is 327 g/mol. The molecule has 128 valence electrons. The molecule has 0 bridgehead atoms. The van der Waals surface area contributed by atoms with Crippen LogP contribution in [-0.2, 0) is 18.3 Å². The van der Waals surface area contributed by atoms with Crippen molar-refractivity contribution in [3.63, 3.8) is 0 Å². The third kappa shape index (κ3) is 3.79. The van der Waals surface area contributed by atoms with Crippen molar-refractivity contribution in [2.75, 3.05) is 26.4 Å². The van der Waals surface area contributed by atoms with Crippen molar-refractivity contribution >= 4 is 0 Å². The highest BCUT2D eigenvalue weighted by molar-refractivity contribution is 5.31. The Hall–Kier alpha value is -1.85. The summed E-state index contributed by atoms with van der Waals surface area (Å²) in [7, 11) is 1.96. The van der Waals surface area contributed by atoms with Crippen molar-refractivity contribution in [2.45, 2.75) is 31.3 Å². The van der Waals surface area contributed by atoms with Gasteiger partial charge >= 0.3 is 0 Å². The Morgan fingerprint density at radius 1 is 1.29 bits per heavy atom. The van der Waals surface area contributed by atoms with Crippen LogP contribution >= 0.6 is 0 Å². The van der Waals surface area contributed by atoms with E-state index in [9.17, 15) is 0 Å². The molecule has 3 heterocycles. The van der Waals surface area contributed by atoms with Gasteiger partial charge in [-0.05, 0) is 36.5 Å². The zero-order valence-corrected chi connectivity index (χ0v) is 14.2. The molecule has 2 fully saturated rings. The molecule has 5 nitrogen and oxygen atoms in total. The fraction of sp³-hybridized carbons (Fsp3) is 0.526. The largest absolute Gasteiger partial charge is 0.492 e. The number of aromatic nitrogens is 2. The second-order valence-corrected chi connectivity index (χ2v) is 6.88. The minimum absolute atomic E-state index is 0.525. The molecule has 2 saturated heterocycles. The molecule has 2 aromatic rings. The van der Waals surface area contributed by atoms with Gasteiger partial charge in [0, 0.05) is 45.1 Å². The first-order valence-electron chi connectivity index (χ1n) is 8.80. The lowest BCUT2D eigenvalue weighted by Gasteiger charge is -2.22. The van der Waals surface area contributed by atoms with Crippen molar-refractivity contribution in [3.8, 4) is 5.75 Å². The Kier molecular flexibility index (Phi) is 4.54. The van der Waals surface area contributed by atoms with Crippen molar-refractivity contribution in [2.24, 2.45) is 7.05 Å². The van der Waals surface area contributed by atoms with E-state index in [4.69, 9.17) is 9.47 Å². The van der Waals surface area contributed by atoms with Crippen molar-refractivity contribution < 1.29 is 9.47 Å². The molecule has 0 spiro atoms. The molecule has 1 aromatic carbocycles. The second kappa shape index (κ2) is 6.95. The predicted molar refractivity (Wildman–Crippen MR) is 92.1 cm³/mol. The average Bonchev–Trinajstić information content (AvgIpc) is 3.23. The summed E-state index contributed by atoms with van der Waals surface area (Å²) in [6.07, 6.45) is 6.25. The van der Waals surface area contributed by atoms with Crippen LogP contribution in [-0.4, -0.2) is 47.1 Å². The maximum atomic E-state index is 6.04. The first kappa shape index (κ1) is 15.7. The number of ether oxygens (including phenoxy) is 2. The van der Waals surface area contributed by atoms with Gasteiger partial charge in [-0.25, -0.2) is 0 Å². The molecule has 2 aliphatic heterocycles. The lowest BCUT2D eigenvalue weighted by Crippen LogP contribution is -2.14. The minimum Gasteiger partial charge on any atom is -0.492 e. The SMILES string of the molecule is Cn1cc(CN2CC2COc2cccc(C3CCOCC3)c2)cn1. The molecule has 0 amide bonds. The highest BCUT2D eigenvalue weighted by atomic mass is 16.5. The van der Waals surface area contributed by atoms with Crippen LogP contribution in [0, 0.1) is 0 Å². The first-order valence-corrected chi connectivity index (χ1v) is 8.80. The van der Waals surface area contributed by atoms with Crippen LogP contribution < -0.4 is 4.74 Å². The number of hydrogen-bond acceptors (Lipinski definition) is 4. The summed E-state index contributed by atoms with van der Waals surface area (Å²) in [6, 6.07) is 9.13. The summed E-state index contributed by atoms with van der Waals surface area (Å²) in [5, 5.41) is 4.22. The Balaban J connectivity index is 1.27. The molecule has 0 aliphatic carbocycles. The third-order valence-corrected chi connectivity index (χ3v) is 4.97. The van der Waals surface area contributed by atoms with Crippen LogP contribution in [0.5, 0.6) is 5.75 Å². The van der Waals surface area contributed by atoms with Crippen molar-refractivity contribution in [1.29, 1.82) is 0 Å². The van der Waals surface area contributed by atoms with E-state index in [0.29, 0.717) is 12.0 Å². The van der Waals surface area contributed by atoms with Gasteiger partial charge in [0.25, 0.3) is 0 Å². The summed E-state index contributed by atoms with van der Waals surface area (Å²) in [5.41, 5.74) is 2.65. The summed E-state index contributed by atoms with van der Waals surface area (Å²) in [6.45, 7) is 4.58. The maximum Gasteiger partial charge on any atom is 0.119 e. The van der Waals surface area contributed by atoms with Gasteiger partial charge in [0.1, 0.15) is 12.4 Å². The first-order chi connectivity index (χ1) is 11.8. The zero-order chi connectivity index (χ0) is 16.4. The Labute approximate surface area is 143 Å². The smallest absolute Gasteiger partial charge is 0.119 e. The van der Waals surface area contributed by atoms with E-state index in [1.807, 2.05) is 17.9 Å². The molecule has 1 aromatic heterocycles. The van der Waals surface area contributed by atoms with E-state index < -0.39 is 0 Å². The highest BCUT2D eigenvalue weighted by Crippen LogP contribution is 2.29. The Bertz CT molecular complexity index is 679. The molecule has 2 atom stereocenters. The quantitative estimate of drug-likeness (QED) is 0.765. The van der Waals surface area contributed by atoms with Gasteiger partial charge in [0.2, 0.25) is 0 Å². The highest BCUT2D eigenvalue weighted by Gasteiger charge is 2.34. The number of benzene rings is 1. The van der Waals surface area contributed by atoms with Crippen LogP contribution in [0.3, 0.4) is 0 Å². The topological polar surface area (TPSA) is 39.3 Å². The van der Waals surface area contributed by atoms with E-state index in [2.05, 4.69) is 40.5 Å². The van der Waals surface area contributed by atoms with Crippen LogP contribution in [0.4, 0.5) is 0 Å². The third-order valence-electron chi connectivity index (χ3n) is 4.97. The van der Waals surface area contributed by atoms with Crippen LogP contribution in [0.15, 0.2) is 36.7 Å². The maximum absolute atomic E-state index is 6.04. The van der Waals surface area contributed by atoms with Gasteiger partial charge in [-0.15, -0.1) is 0 Å². The van der Waals surface area contributed by atoms with Crippen LogP contribution in [0.25, 0.3) is 0 Å². The number of hydrogen-bond donors (Lipinski definition) is 0. The van der Waals surface area contributed by atoms with E-state index in [1.165, 1.54) is 11.1 Å². The number of nitrogens with zero attached hydrogens (tertiary/aromatic N) is 3. The number of rotatable bonds is 6. The van der Waals surface area contributed by atoms with Crippen molar-refractivity contribution in [1.82, 2.24) is 14.7 Å². The van der Waals surface area contributed by atoms with Gasteiger partial charge in [0.05, 0.1) is 12.2 Å². The molecular weight excluding hydrogens is 302 g/mol. The molecule has 0 saturated carbocycles. The van der Waals surface area contributed by atoms with Crippen LogP contribution in [0.1, 0.15) is 29.9 Å². The Morgan fingerprint density at radius 3 is 2.96 bits per heavy atom. The standard InChI is InChI=1S/C19H25N3O2/c1-21-11-15(10-20-21)12-22-13-18(22)14-24-19-4-2-3-17(9-19)16-5-7-23-8-6-16/h2-4,9-11,16,18H,5-8,12-14H2,1H3. The molecule has 4 rings (SSSR count). The van der Waals surface area contributed by atoms with Gasteiger partial charge in [-0.1, -0.05) is 12.1 Å². The zero-order valence-electron chi connectivity index (χ0n) is 14.2. The van der Waals surface area contributed by atoms with Gasteiger partial charge in [0.15, 0.2) is 0 Å². The molecule has 0 radical (unpaired) electrons. The Morgan fingerprint density at radius 2 is 2.17 bits per heavy atom. The molecule has 5 heteroatoms. The molecule has 0 N–H and O–H groups in total. The van der Waals surface area contributed by atoms with Crippen molar-refractivity contribution in [3.05, 3.63) is 47.8 Å². The fourth-order valence-electron chi connectivity index (χ4n) is 3.44. The van der Waals surface area contributed by atoms with Crippen LogP contribution in [0.2, 0.25) is 0 Å². The molecule has 24 heavy (non-hydrogen) atoms. The second-order valence-electron chi connectivity index (χ2n) is 6.88. The van der Waals surface area contributed by atoms with Gasteiger partial charge < -0.3 is 9.47 Å². The van der Waals surface area contributed by atoms with E-state index >= 15 is 0 Å². The lowest BCUT2D eigenvalue weighted by molar-refractivity contribution is 0.0853. The van der Waals surface area contributed by atoms with E-state index in [1.54, 1.807) is 0 Å². The fourth-order valence-corrected chi connectivity index (χ4v) is 3.44. The summed E-state index contributed by atoms with van der Waals surface area (Å²) in [5.74, 6) is 1.61. The van der Waals surface area contributed by atoms with E-state index in [-0.39, 0.29) is 0 Å². The average molecular weight is 327 g/mol. The molecule has 2 unspecified atom stereocenters. The normalized spacial score (nSPS) is 24.0. The summed E-state index contributed by atoms with van der Waals surface area (Å²) in [4.78, 5) is 2.42. The summed E-state index contributed by atoms with van der Waals surface area (Å²) >= 11 is 0. The minimum atomic E-state index is 0.525.